The molecule has 0 unspecified atom stereocenters. The Hall–Kier alpha value is -1.71. The Balaban J connectivity index is 1.91. The highest BCUT2D eigenvalue weighted by Crippen LogP contribution is 2.23. The smallest absolute Gasteiger partial charge is 0.191 e. The summed E-state index contributed by atoms with van der Waals surface area (Å²) >= 11 is 0. The number of methoxy groups -OCH3 is 1. The molecule has 0 spiro atoms. The van der Waals surface area contributed by atoms with E-state index in [1.54, 1.807) is 7.11 Å². The van der Waals surface area contributed by atoms with Crippen molar-refractivity contribution in [2.45, 2.75) is 52.1 Å². The van der Waals surface area contributed by atoms with Gasteiger partial charge in [0.15, 0.2) is 5.96 Å². The standard InChI is InChI=1S/C18H29N3O/c1-4-19-18(21-16-9-5-14(2)6-10-16)20-13-15-7-11-17(22-3)12-8-15/h7-8,11-12,14,16H,4-6,9-10,13H2,1-3H3,(H2,19,20,21). The van der Waals surface area contributed by atoms with Gasteiger partial charge in [-0.1, -0.05) is 19.1 Å². The zero-order chi connectivity index (χ0) is 15.8. The molecule has 1 saturated carbocycles. The predicted molar refractivity (Wildman–Crippen MR) is 92.4 cm³/mol. The highest BCUT2D eigenvalue weighted by Gasteiger charge is 2.18. The second kappa shape index (κ2) is 8.66. The molecule has 122 valence electrons. The lowest BCUT2D eigenvalue weighted by molar-refractivity contribution is 0.329. The Labute approximate surface area is 134 Å². The van der Waals surface area contributed by atoms with E-state index >= 15 is 0 Å². The molecule has 0 amide bonds. The molecule has 4 heteroatoms. The first kappa shape index (κ1) is 16.7. The minimum Gasteiger partial charge on any atom is -0.497 e. The number of nitrogens with zero attached hydrogens (tertiary/aromatic N) is 1. The Morgan fingerprint density at radius 2 is 1.86 bits per heavy atom. The van der Waals surface area contributed by atoms with Crippen LogP contribution in [0.15, 0.2) is 29.3 Å². The average Bonchev–Trinajstić information content (AvgIpc) is 2.55. The molecule has 0 atom stereocenters. The van der Waals surface area contributed by atoms with Gasteiger partial charge in [0, 0.05) is 12.6 Å². The molecule has 0 heterocycles. The number of hydrogen-bond acceptors (Lipinski definition) is 2. The Morgan fingerprint density at radius 3 is 2.45 bits per heavy atom. The molecule has 1 fully saturated rings. The molecule has 0 aromatic heterocycles. The maximum Gasteiger partial charge on any atom is 0.191 e. The topological polar surface area (TPSA) is 45.7 Å². The van der Waals surface area contributed by atoms with Gasteiger partial charge in [0.05, 0.1) is 13.7 Å². The van der Waals surface area contributed by atoms with Crippen LogP contribution in [0.3, 0.4) is 0 Å². The van der Waals surface area contributed by atoms with Gasteiger partial charge in [0.1, 0.15) is 5.75 Å². The number of benzene rings is 1. The van der Waals surface area contributed by atoms with Gasteiger partial charge in [-0.25, -0.2) is 4.99 Å². The summed E-state index contributed by atoms with van der Waals surface area (Å²) in [6.07, 6.45) is 5.12. The second-order valence-electron chi connectivity index (χ2n) is 6.14. The van der Waals surface area contributed by atoms with Crippen LogP contribution >= 0.6 is 0 Å². The maximum absolute atomic E-state index is 5.18. The van der Waals surface area contributed by atoms with Crippen molar-refractivity contribution in [3.05, 3.63) is 29.8 Å². The van der Waals surface area contributed by atoms with E-state index in [9.17, 15) is 0 Å². The average molecular weight is 303 g/mol. The molecular formula is C18H29N3O. The molecule has 1 aromatic rings. The van der Waals surface area contributed by atoms with Crippen molar-refractivity contribution in [3.63, 3.8) is 0 Å². The summed E-state index contributed by atoms with van der Waals surface area (Å²) in [5.41, 5.74) is 1.19. The van der Waals surface area contributed by atoms with Crippen LogP contribution in [0.2, 0.25) is 0 Å². The van der Waals surface area contributed by atoms with Crippen LogP contribution < -0.4 is 15.4 Å². The number of ether oxygens (including phenoxy) is 1. The Morgan fingerprint density at radius 1 is 1.18 bits per heavy atom. The van der Waals surface area contributed by atoms with E-state index in [0.717, 1.165) is 24.2 Å². The van der Waals surface area contributed by atoms with Gasteiger partial charge in [-0.2, -0.15) is 0 Å². The zero-order valence-electron chi connectivity index (χ0n) is 14.1. The first-order valence-electron chi connectivity index (χ1n) is 8.39. The molecule has 1 aromatic carbocycles. The third-order valence-corrected chi connectivity index (χ3v) is 4.28. The summed E-state index contributed by atoms with van der Waals surface area (Å²) in [6.45, 7) is 6.02. The van der Waals surface area contributed by atoms with Gasteiger partial charge < -0.3 is 15.4 Å². The molecule has 1 aliphatic carbocycles. The molecule has 4 nitrogen and oxygen atoms in total. The minimum atomic E-state index is 0.560. The van der Waals surface area contributed by atoms with E-state index < -0.39 is 0 Å². The summed E-state index contributed by atoms with van der Waals surface area (Å²) in [7, 11) is 1.69. The molecule has 0 aliphatic heterocycles. The number of guanidine groups is 1. The Bertz CT molecular complexity index is 462. The van der Waals surface area contributed by atoms with Crippen molar-refractivity contribution in [2.75, 3.05) is 13.7 Å². The maximum atomic E-state index is 5.18. The van der Waals surface area contributed by atoms with Crippen LogP contribution in [0.25, 0.3) is 0 Å². The van der Waals surface area contributed by atoms with Gasteiger partial charge in [0.25, 0.3) is 0 Å². The fourth-order valence-electron chi connectivity index (χ4n) is 2.82. The fourth-order valence-corrected chi connectivity index (χ4v) is 2.82. The van der Waals surface area contributed by atoms with E-state index in [1.807, 2.05) is 12.1 Å². The number of nitrogens with one attached hydrogen (secondary N) is 2. The minimum absolute atomic E-state index is 0.560. The highest BCUT2D eigenvalue weighted by atomic mass is 16.5. The van der Waals surface area contributed by atoms with Crippen molar-refractivity contribution < 1.29 is 4.74 Å². The van der Waals surface area contributed by atoms with Gasteiger partial charge in [-0.3, -0.25) is 0 Å². The summed E-state index contributed by atoms with van der Waals surface area (Å²) < 4.78 is 5.18. The summed E-state index contributed by atoms with van der Waals surface area (Å²) in [5, 5.41) is 6.93. The Kier molecular flexibility index (Phi) is 6.56. The van der Waals surface area contributed by atoms with Crippen molar-refractivity contribution >= 4 is 5.96 Å². The van der Waals surface area contributed by atoms with Gasteiger partial charge in [-0.15, -0.1) is 0 Å². The lowest BCUT2D eigenvalue weighted by atomic mass is 9.87. The second-order valence-corrected chi connectivity index (χ2v) is 6.14. The zero-order valence-corrected chi connectivity index (χ0v) is 14.1. The molecular weight excluding hydrogens is 274 g/mol. The van der Waals surface area contributed by atoms with Crippen LogP contribution in [0.1, 0.15) is 45.1 Å². The van der Waals surface area contributed by atoms with Gasteiger partial charge in [-0.05, 0) is 56.2 Å². The largest absolute Gasteiger partial charge is 0.497 e. The van der Waals surface area contributed by atoms with Crippen molar-refractivity contribution in [2.24, 2.45) is 10.9 Å². The molecule has 2 rings (SSSR count). The van der Waals surface area contributed by atoms with E-state index in [1.165, 1.54) is 31.2 Å². The molecule has 22 heavy (non-hydrogen) atoms. The summed E-state index contributed by atoms with van der Waals surface area (Å²) in [4.78, 5) is 4.71. The predicted octanol–water partition coefficient (Wildman–Crippen LogP) is 3.33. The third kappa shape index (κ3) is 5.24. The molecule has 1 aliphatic rings. The highest BCUT2D eigenvalue weighted by molar-refractivity contribution is 5.80. The third-order valence-electron chi connectivity index (χ3n) is 4.28. The van der Waals surface area contributed by atoms with Crippen LogP contribution in [-0.4, -0.2) is 25.7 Å². The lowest BCUT2D eigenvalue weighted by Crippen LogP contribution is -2.44. The van der Waals surface area contributed by atoms with E-state index in [-0.39, 0.29) is 0 Å². The van der Waals surface area contributed by atoms with Crippen LogP contribution in [-0.2, 0) is 6.54 Å². The first-order chi connectivity index (χ1) is 10.7. The fraction of sp³-hybridized carbons (Fsp3) is 0.611. The van der Waals surface area contributed by atoms with Crippen molar-refractivity contribution in [1.82, 2.24) is 10.6 Å². The van der Waals surface area contributed by atoms with Gasteiger partial charge >= 0.3 is 0 Å². The number of aliphatic imine (C=N–C) groups is 1. The van der Waals surface area contributed by atoms with Crippen LogP contribution in [0, 0.1) is 5.92 Å². The van der Waals surface area contributed by atoms with Crippen molar-refractivity contribution in [3.8, 4) is 5.75 Å². The van der Waals surface area contributed by atoms with E-state index in [0.29, 0.717) is 12.6 Å². The number of rotatable bonds is 5. The molecule has 0 saturated heterocycles. The molecule has 0 radical (unpaired) electrons. The van der Waals surface area contributed by atoms with Crippen LogP contribution in [0.4, 0.5) is 0 Å². The quantitative estimate of drug-likeness (QED) is 0.648. The van der Waals surface area contributed by atoms with Crippen molar-refractivity contribution in [1.29, 1.82) is 0 Å². The summed E-state index contributed by atoms with van der Waals surface area (Å²) in [5.74, 6) is 2.68. The monoisotopic (exact) mass is 303 g/mol. The molecule has 0 bridgehead atoms. The SMILES string of the molecule is CCNC(=NCc1ccc(OC)cc1)NC1CCC(C)CC1. The lowest BCUT2D eigenvalue weighted by Gasteiger charge is -2.28. The number of hydrogen-bond donors (Lipinski definition) is 2. The summed E-state index contributed by atoms with van der Waals surface area (Å²) in [6, 6.07) is 8.65. The van der Waals surface area contributed by atoms with E-state index in [2.05, 4.69) is 36.6 Å². The molecule has 2 N–H and O–H groups in total. The van der Waals surface area contributed by atoms with Gasteiger partial charge in [0.2, 0.25) is 0 Å². The van der Waals surface area contributed by atoms with E-state index in [4.69, 9.17) is 9.73 Å². The normalized spacial score (nSPS) is 22.2. The first-order valence-corrected chi connectivity index (χ1v) is 8.39. The van der Waals surface area contributed by atoms with Crippen LogP contribution in [0.5, 0.6) is 5.75 Å².